The van der Waals surface area contributed by atoms with Crippen LogP contribution in [0.2, 0.25) is 0 Å². The maximum Gasteiger partial charge on any atom is 0.0541 e. The molecule has 0 N–H and O–H groups in total. The fourth-order valence-electron chi connectivity index (χ4n) is 8.53. The van der Waals surface area contributed by atoms with Gasteiger partial charge in [0, 0.05) is 38.9 Å². The summed E-state index contributed by atoms with van der Waals surface area (Å²) in [5.74, 6) is 0. The van der Waals surface area contributed by atoms with Crippen LogP contribution >= 0.6 is 0 Å². The molecule has 0 fully saturated rings. The minimum absolute atomic E-state index is 0.194. The van der Waals surface area contributed by atoms with Crippen molar-refractivity contribution in [1.82, 2.24) is 4.57 Å². The van der Waals surface area contributed by atoms with Crippen molar-refractivity contribution in [2.75, 3.05) is 4.90 Å². The summed E-state index contributed by atoms with van der Waals surface area (Å²) in [6.45, 7) is 4.76. The molecule has 10 rings (SSSR count). The summed E-state index contributed by atoms with van der Waals surface area (Å²) in [6.07, 6.45) is 0. The summed E-state index contributed by atoms with van der Waals surface area (Å²) in [5, 5.41) is 2.56. The topological polar surface area (TPSA) is 8.17 Å². The van der Waals surface area contributed by atoms with Gasteiger partial charge in [0.25, 0.3) is 0 Å². The van der Waals surface area contributed by atoms with Crippen molar-refractivity contribution in [3.05, 3.63) is 205 Å². The van der Waals surface area contributed by atoms with Crippen LogP contribution in [0.25, 0.3) is 60.9 Å². The maximum atomic E-state index is 2.43. The third-order valence-electron chi connectivity index (χ3n) is 11.2. The Morgan fingerprint density at radius 2 is 0.868 bits per heavy atom. The summed E-state index contributed by atoms with van der Waals surface area (Å²) in [7, 11) is 0. The summed E-state index contributed by atoms with van der Waals surface area (Å²) in [5.41, 5.74) is 17.0. The summed E-state index contributed by atoms with van der Waals surface area (Å²) >= 11 is 0. The molecule has 0 saturated heterocycles. The molecule has 2 nitrogen and oxygen atoms in total. The number of anilines is 3. The monoisotopic (exact) mass is 678 g/mol. The lowest BCUT2D eigenvalue weighted by Gasteiger charge is -2.28. The lowest BCUT2D eigenvalue weighted by atomic mass is 9.82. The highest BCUT2D eigenvalue weighted by Gasteiger charge is 2.36. The number of rotatable bonds is 6. The van der Waals surface area contributed by atoms with Gasteiger partial charge in [-0.05, 0) is 105 Å². The van der Waals surface area contributed by atoms with Crippen molar-refractivity contribution in [2.24, 2.45) is 0 Å². The van der Waals surface area contributed by atoms with Gasteiger partial charge in [0.2, 0.25) is 0 Å². The molecule has 0 bridgehead atoms. The molecule has 1 aromatic heterocycles. The van der Waals surface area contributed by atoms with E-state index in [-0.39, 0.29) is 5.41 Å². The van der Waals surface area contributed by atoms with Crippen molar-refractivity contribution < 1.29 is 0 Å². The third-order valence-corrected chi connectivity index (χ3v) is 11.2. The molecule has 0 atom stereocenters. The van der Waals surface area contributed by atoms with Gasteiger partial charge in [-0.25, -0.2) is 0 Å². The first-order valence-electron chi connectivity index (χ1n) is 18.4. The van der Waals surface area contributed by atoms with Crippen LogP contribution in [-0.4, -0.2) is 4.57 Å². The predicted octanol–water partition coefficient (Wildman–Crippen LogP) is 13.9. The Morgan fingerprint density at radius 1 is 0.377 bits per heavy atom. The molecule has 9 aromatic rings. The van der Waals surface area contributed by atoms with Gasteiger partial charge >= 0.3 is 0 Å². The number of fused-ring (bicyclic) bond motifs is 6. The summed E-state index contributed by atoms with van der Waals surface area (Å²) in [6, 6.07) is 70.7. The van der Waals surface area contributed by atoms with Gasteiger partial charge in [-0.1, -0.05) is 147 Å². The second-order valence-corrected chi connectivity index (χ2v) is 14.6. The zero-order chi connectivity index (χ0) is 35.5. The second-order valence-electron chi connectivity index (χ2n) is 14.6. The molecule has 0 spiro atoms. The molecule has 0 aliphatic heterocycles. The van der Waals surface area contributed by atoms with E-state index >= 15 is 0 Å². The minimum atomic E-state index is -0.194. The van der Waals surface area contributed by atoms with Crippen LogP contribution in [0.3, 0.4) is 0 Å². The Bertz CT molecular complexity index is 2740. The SMILES string of the molecule is CC1(C)c2cc(N(c3ccccc3)c3cccc(-c4ccc(-c5ccccc5)cc4)c3)ccc2-c2ccc(-n3c4ccccc4c4ccccc43)cc21. The van der Waals surface area contributed by atoms with E-state index in [2.05, 4.69) is 217 Å². The summed E-state index contributed by atoms with van der Waals surface area (Å²) in [4.78, 5) is 2.39. The first-order valence-corrected chi connectivity index (χ1v) is 18.4. The number of para-hydroxylation sites is 3. The molecule has 2 heteroatoms. The van der Waals surface area contributed by atoms with E-state index in [9.17, 15) is 0 Å². The molecule has 0 unspecified atom stereocenters. The van der Waals surface area contributed by atoms with Gasteiger partial charge in [0.15, 0.2) is 0 Å². The van der Waals surface area contributed by atoms with Crippen LogP contribution < -0.4 is 4.90 Å². The number of hydrogen-bond acceptors (Lipinski definition) is 1. The van der Waals surface area contributed by atoms with Crippen molar-refractivity contribution in [1.29, 1.82) is 0 Å². The maximum absolute atomic E-state index is 2.43. The van der Waals surface area contributed by atoms with Gasteiger partial charge in [-0.2, -0.15) is 0 Å². The molecule has 1 aliphatic rings. The fourth-order valence-corrected chi connectivity index (χ4v) is 8.53. The predicted molar refractivity (Wildman–Crippen MR) is 224 cm³/mol. The van der Waals surface area contributed by atoms with Crippen molar-refractivity contribution in [2.45, 2.75) is 19.3 Å². The van der Waals surface area contributed by atoms with Crippen molar-refractivity contribution in [3.63, 3.8) is 0 Å². The number of nitrogens with zero attached hydrogens (tertiary/aromatic N) is 2. The summed E-state index contributed by atoms with van der Waals surface area (Å²) < 4.78 is 2.43. The van der Waals surface area contributed by atoms with Crippen LogP contribution in [0.15, 0.2) is 194 Å². The molecular weight excluding hydrogens is 641 g/mol. The third kappa shape index (κ3) is 5.10. The van der Waals surface area contributed by atoms with Crippen molar-refractivity contribution in [3.8, 4) is 39.1 Å². The smallest absolute Gasteiger partial charge is 0.0541 e. The zero-order valence-corrected chi connectivity index (χ0v) is 29.9. The fraction of sp³-hybridized carbons (Fsp3) is 0.0588. The van der Waals surface area contributed by atoms with E-state index in [1.807, 2.05) is 0 Å². The van der Waals surface area contributed by atoms with Crippen LogP contribution in [0, 0.1) is 0 Å². The largest absolute Gasteiger partial charge is 0.310 e. The Morgan fingerprint density at radius 3 is 1.55 bits per heavy atom. The molecular formula is C51H38N2. The van der Waals surface area contributed by atoms with E-state index in [0.717, 1.165) is 17.1 Å². The normalized spacial score (nSPS) is 12.9. The quantitative estimate of drug-likeness (QED) is 0.170. The molecule has 1 aliphatic carbocycles. The highest BCUT2D eigenvalue weighted by Crippen LogP contribution is 2.51. The lowest BCUT2D eigenvalue weighted by Crippen LogP contribution is -2.17. The Balaban J connectivity index is 1.05. The van der Waals surface area contributed by atoms with E-state index in [1.165, 1.54) is 72.0 Å². The number of aromatic nitrogens is 1. The second kappa shape index (κ2) is 12.3. The van der Waals surface area contributed by atoms with E-state index < -0.39 is 0 Å². The molecule has 0 amide bonds. The lowest BCUT2D eigenvalue weighted by molar-refractivity contribution is 0.660. The average molecular weight is 679 g/mol. The van der Waals surface area contributed by atoms with Crippen LogP contribution in [-0.2, 0) is 5.41 Å². The minimum Gasteiger partial charge on any atom is -0.310 e. The first kappa shape index (κ1) is 31.1. The van der Waals surface area contributed by atoms with E-state index in [0.29, 0.717) is 0 Å². The van der Waals surface area contributed by atoms with Gasteiger partial charge in [-0.15, -0.1) is 0 Å². The van der Waals surface area contributed by atoms with Crippen LogP contribution in [0.5, 0.6) is 0 Å². The highest BCUT2D eigenvalue weighted by molar-refractivity contribution is 6.09. The Hall–Kier alpha value is -6.64. The standard InChI is InChI=1S/C51H38N2/c1-51(2)47-33-41(28-30-43(47)44-31-29-42(34-48(44)51)53-49-22-11-9-20-45(49)46-21-10-12-23-50(46)53)52(39-17-7-4-8-18-39)40-19-13-16-38(32-40)37-26-24-36(25-27-37)35-14-5-3-6-15-35/h3-34H,1-2H3. The van der Waals surface area contributed by atoms with Gasteiger partial charge in [0.1, 0.15) is 0 Å². The first-order chi connectivity index (χ1) is 26.0. The molecule has 0 saturated carbocycles. The molecule has 0 radical (unpaired) electrons. The molecule has 8 aromatic carbocycles. The molecule has 1 heterocycles. The zero-order valence-electron chi connectivity index (χ0n) is 29.9. The van der Waals surface area contributed by atoms with Gasteiger partial charge in [0.05, 0.1) is 11.0 Å². The Kier molecular flexibility index (Phi) is 7.19. The molecule has 53 heavy (non-hydrogen) atoms. The van der Waals surface area contributed by atoms with Crippen molar-refractivity contribution >= 4 is 38.9 Å². The average Bonchev–Trinajstić information content (AvgIpc) is 3.67. The number of hydrogen-bond donors (Lipinski definition) is 0. The van der Waals surface area contributed by atoms with E-state index in [1.54, 1.807) is 0 Å². The van der Waals surface area contributed by atoms with Gasteiger partial charge in [-0.3, -0.25) is 0 Å². The van der Waals surface area contributed by atoms with E-state index in [4.69, 9.17) is 0 Å². The Labute approximate surface area is 310 Å². The van der Waals surface area contributed by atoms with Crippen LogP contribution in [0.1, 0.15) is 25.0 Å². The number of benzene rings is 8. The highest BCUT2D eigenvalue weighted by atomic mass is 15.1. The van der Waals surface area contributed by atoms with Crippen LogP contribution in [0.4, 0.5) is 17.1 Å². The molecule has 252 valence electrons. The van der Waals surface area contributed by atoms with Gasteiger partial charge < -0.3 is 9.47 Å².